The van der Waals surface area contributed by atoms with Gasteiger partial charge in [-0.15, -0.1) is 0 Å². The Morgan fingerprint density at radius 2 is 2.06 bits per heavy atom. The molecule has 0 saturated heterocycles. The predicted molar refractivity (Wildman–Crippen MR) is 78.5 cm³/mol. The third kappa shape index (κ3) is 4.65. The lowest BCUT2D eigenvalue weighted by atomic mass is 10.0. The van der Waals surface area contributed by atoms with Crippen molar-refractivity contribution < 1.29 is 0 Å². The molecule has 0 bridgehead atoms. The summed E-state index contributed by atoms with van der Waals surface area (Å²) in [6, 6.07) is 0. The predicted octanol–water partition coefficient (Wildman–Crippen LogP) is 3.01. The van der Waals surface area contributed by atoms with E-state index in [9.17, 15) is 0 Å². The Hall–Kier alpha value is -1.09. The van der Waals surface area contributed by atoms with E-state index in [0.29, 0.717) is 11.8 Å². The van der Waals surface area contributed by atoms with Crippen molar-refractivity contribution in [3.63, 3.8) is 0 Å². The monoisotopic (exact) mass is 249 g/mol. The van der Waals surface area contributed by atoms with Crippen molar-refractivity contribution in [2.45, 2.75) is 34.6 Å². The largest absolute Gasteiger partial charge is 0.313 e. The van der Waals surface area contributed by atoms with Crippen molar-refractivity contribution in [2.75, 3.05) is 13.1 Å². The molecule has 0 spiro atoms. The van der Waals surface area contributed by atoms with Gasteiger partial charge in [0.15, 0.2) is 0 Å². The minimum atomic E-state index is 0.560. The summed E-state index contributed by atoms with van der Waals surface area (Å²) in [7, 11) is 1.97. The molecule has 3 nitrogen and oxygen atoms in total. The van der Waals surface area contributed by atoms with Gasteiger partial charge in [-0.1, -0.05) is 39.3 Å². The first-order valence-electron chi connectivity index (χ1n) is 6.81. The van der Waals surface area contributed by atoms with E-state index < -0.39 is 0 Å². The van der Waals surface area contributed by atoms with Gasteiger partial charge in [-0.2, -0.15) is 5.10 Å². The second-order valence-corrected chi connectivity index (χ2v) is 5.74. The van der Waals surface area contributed by atoms with Crippen molar-refractivity contribution in [2.24, 2.45) is 18.9 Å². The molecule has 1 N–H and O–H groups in total. The van der Waals surface area contributed by atoms with Crippen molar-refractivity contribution in [3.05, 3.63) is 23.0 Å². The van der Waals surface area contributed by atoms with Crippen LogP contribution in [0.3, 0.4) is 0 Å². The van der Waals surface area contributed by atoms with Crippen LogP contribution in [0, 0.1) is 18.8 Å². The maximum Gasteiger partial charge on any atom is 0.0665 e. The Kier molecular flexibility index (Phi) is 5.60. The fourth-order valence-electron chi connectivity index (χ4n) is 1.89. The Morgan fingerprint density at radius 1 is 1.39 bits per heavy atom. The van der Waals surface area contributed by atoms with E-state index in [1.54, 1.807) is 0 Å². The van der Waals surface area contributed by atoms with Crippen molar-refractivity contribution in [1.82, 2.24) is 15.1 Å². The number of hydrogen-bond donors (Lipinski definition) is 1. The van der Waals surface area contributed by atoms with Crippen LogP contribution >= 0.6 is 0 Å². The molecule has 18 heavy (non-hydrogen) atoms. The standard InChI is InChI=1S/C15H27N3/c1-11(2)8-16-9-14(12(3)4)7-15-10-18(6)17-13(15)5/h7,10-12,16H,8-9H2,1-6H3. The van der Waals surface area contributed by atoms with E-state index in [-0.39, 0.29) is 0 Å². The summed E-state index contributed by atoms with van der Waals surface area (Å²) in [4.78, 5) is 0. The van der Waals surface area contributed by atoms with Crippen LogP contribution in [0.1, 0.15) is 39.0 Å². The van der Waals surface area contributed by atoms with Crippen molar-refractivity contribution >= 4 is 6.08 Å². The van der Waals surface area contributed by atoms with E-state index in [2.05, 4.69) is 57.3 Å². The summed E-state index contributed by atoms with van der Waals surface area (Å²) in [6.07, 6.45) is 4.36. The third-order valence-electron chi connectivity index (χ3n) is 3.02. The van der Waals surface area contributed by atoms with Crippen LogP contribution < -0.4 is 5.32 Å². The van der Waals surface area contributed by atoms with Gasteiger partial charge in [0.05, 0.1) is 5.69 Å². The third-order valence-corrected chi connectivity index (χ3v) is 3.02. The lowest BCUT2D eigenvalue weighted by Gasteiger charge is -2.14. The molecule has 3 heteroatoms. The smallest absolute Gasteiger partial charge is 0.0665 e. The Labute approximate surface area is 111 Å². The first-order chi connectivity index (χ1) is 8.40. The van der Waals surface area contributed by atoms with Gasteiger partial charge in [0.1, 0.15) is 0 Å². The van der Waals surface area contributed by atoms with E-state index in [0.717, 1.165) is 18.8 Å². The van der Waals surface area contributed by atoms with Gasteiger partial charge in [-0.25, -0.2) is 0 Å². The summed E-state index contributed by atoms with van der Waals surface area (Å²) in [5, 5.41) is 7.90. The number of aromatic nitrogens is 2. The van der Waals surface area contributed by atoms with Crippen molar-refractivity contribution in [3.8, 4) is 0 Å². The average Bonchev–Trinajstić information content (AvgIpc) is 2.55. The summed E-state index contributed by atoms with van der Waals surface area (Å²) in [5.74, 6) is 1.25. The molecule has 0 radical (unpaired) electrons. The molecular formula is C15H27N3. The minimum Gasteiger partial charge on any atom is -0.313 e. The first-order valence-corrected chi connectivity index (χ1v) is 6.81. The van der Waals surface area contributed by atoms with E-state index in [1.807, 2.05) is 11.7 Å². The molecule has 0 unspecified atom stereocenters. The molecule has 102 valence electrons. The topological polar surface area (TPSA) is 29.9 Å². The minimum absolute atomic E-state index is 0.560. The molecule has 1 aromatic rings. The quantitative estimate of drug-likeness (QED) is 0.840. The van der Waals surface area contributed by atoms with Gasteiger partial charge >= 0.3 is 0 Å². The Morgan fingerprint density at radius 3 is 2.50 bits per heavy atom. The van der Waals surface area contributed by atoms with Crippen LogP contribution in [0.15, 0.2) is 11.8 Å². The van der Waals surface area contributed by atoms with Crippen LogP contribution in [0.25, 0.3) is 6.08 Å². The molecule has 0 aliphatic heterocycles. The van der Waals surface area contributed by atoms with Gasteiger partial charge in [0, 0.05) is 25.4 Å². The second-order valence-electron chi connectivity index (χ2n) is 5.74. The number of hydrogen-bond acceptors (Lipinski definition) is 2. The molecule has 1 aromatic heterocycles. The Balaban J connectivity index is 2.75. The van der Waals surface area contributed by atoms with E-state index in [4.69, 9.17) is 0 Å². The van der Waals surface area contributed by atoms with E-state index in [1.165, 1.54) is 11.1 Å². The fraction of sp³-hybridized carbons (Fsp3) is 0.667. The molecule has 0 atom stereocenters. The number of rotatable bonds is 6. The maximum absolute atomic E-state index is 4.38. The molecule has 0 saturated carbocycles. The summed E-state index contributed by atoms with van der Waals surface area (Å²) in [5.41, 5.74) is 3.76. The van der Waals surface area contributed by atoms with Crippen LogP contribution in [-0.2, 0) is 7.05 Å². The number of aryl methyl sites for hydroxylation is 2. The summed E-state index contributed by atoms with van der Waals surface area (Å²) in [6.45, 7) is 13.0. The first kappa shape index (κ1) is 15.0. The summed E-state index contributed by atoms with van der Waals surface area (Å²) >= 11 is 0. The van der Waals surface area contributed by atoms with E-state index >= 15 is 0 Å². The average molecular weight is 249 g/mol. The van der Waals surface area contributed by atoms with Crippen molar-refractivity contribution in [1.29, 1.82) is 0 Å². The molecular weight excluding hydrogens is 222 g/mol. The zero-order valence-corrected chi connectivity index (χ0v) is 12.6. The van der Waals surface area contributed by atoms with Crippen LogP contribution in [0.2, 0.25) is 0 Å². The molecule has 0 aliphatic carbocycles. The lowest BCUT2D eigenvalue weighted by molar-refractivity contribution is 0.558. The summed E-state index contributed by atoms with van der Waals surface area (Å²) < 4.78 is 1.88. The molecule has 0 fully saturated rings. The highest BCUT2D eigenvalue weighted by Crippen LogP contribution is 2.16. The van der Waals surface area contributed by atoms with Gasteiger partial charge in [0.25, 0.3) is 0 Å². The Bertz CT molecular complexity index is 400. The fourth-order valence-corrected chi connectivity index (χ4v) is 1.89. The van der Waals surface area contributed by atoms with Gasteiger partial charge in [-0.3, -0.25) is 4.68 Å². The maximum atomic E-state index is 4.38. The normalized spacial score (nSPS) is 12.8. The second kappa shape index (κ2) is 6.74. The molecule has 0 aliphatic rings. The highest BCUT2D eigenvalue weighted by Gasteiger charge is 2.07. The van der Waals surface area contributed by atoms with Gasteiger partial charge in [0.2, 0.25) is 0 Å². The molecule has 1 rings (SSSR count). The molecule has 1 heterocycles. The van der Waals surface area contributed by atoms with Crippen LogP contribution in [-0.4, -0.2) is 22.9 Å². The van der Waals surface area contributed by atoms with Gasteiger partial charge in [-0.05, 0) is 25.3 Å². The highest BCUT2D eigenvalue weighted by molar-refractivity contribution is 5.55. The number of nitrogens with one attached hydrogen (secondary N) is 1. The molecule has 0 aromatic carbocycles. The lowest BCUT2D eigenvalue weighted by Crippen LogP contribution is -2.23. The van der Waals surface area contributed by atoms with Gasteiger partial charge < -0.3 is 5.32 Å². The van der Waals surface area contributed by atoms with Crippen LogP contribution in [0.5, 0.6) is 0 Å². The molecule has 0 amide bonds. The van der Waals surface area contributed by atoms with Crippen LogP contribution in [0.4, 0.5) is 0 Å². The SMILES string of the molecule is Cc1nn(C)cc1C=C(CNCC(C)C)C(C)C. The zero-order chi connectivity index (χ0) is 13.7. The zero-order valence-electron chi connectivity index (χ0n) is 12.6. The number of nitrogens with zero attached hydrogens (tertiary/aromatic N) is 2. The highest BCUT2D eigenvalue weighted by atomic mass is 15.2.